The van der Waals surface area contributed by atoms with Gasteiger partial charge in [0, 0.05) is 24.6 Å². The second-order valence-electron chi connectivity index (χ2n) is 4.89. The molecule has 0 saturated heterocycles. The summed E-state index contributed by atoms with van der Waals surface area (Å²) in [6.07, 6.45) is 3.52. The standard InChI is InChI=1S/C16H19N3O/c1-12-6-13(2)8-15(7-12)19-16(20)11-18-10-14-4-3-5-17-9-14/h3-9,18H,10-11H2,1-2H3,(H,19,20). The maximum absolute atomic E-state index is 11.8. The fourth-order valence-electron chi connectivity index (χ4n) is 2.08. The van der Waals surface area contributed by atoms with Crippen molar-refractivity contribution in [1.82, 2.24) is 10.3 Å². The van der Waals surface area contributed by atoms with Crippen LogP contribution in [0.5, 0.6) is 0 Å². The van der Waals surface area contributed by atoms with E-state index in [9.17, 15) is 4.79 Å². The predicted molar refractivity (Wildman–Crippen MR) is 80.5 cm³/mol. The Morgan fingerprint density at radius 2 is 1.95 bits per heavy atom. The van der Waals surface area contributed by atoms with Crippen LogP contribution in [0.1, 0.15) is 16.7 Å². The number of pyridine rings is 1. The van der Waals surface area contributed by atoms with Gasteiger partial charge in [0.25, 0.3) is 0 Å². The number of benzene rings is 1. The Kier molecular flexibility index (Phi) is 4.85. The first kappa shape index (κ1) is 14.2. The molecule has 1 aromatic heterocycles. The molecule has 1 aromatic carbocycles. The number of carbonyl (C=O) groups excluding carboxylic acids is 1. The number of carbonyl (C=O) groups is 1. The van der Waals surface area contributed by atoms with E-state index in [4.69, 9.17) is 0 Å². The molecule has 4 nitrogen and oxygen atoms in total. The second kappa shape index (κ2) is 6.82. The molecule has 2 rings (SSSR count). The molecule has 2 aromatic rings. The van der Waals surface area contributed by atoms with E-state index in [0.717, 1.165) is 22.4 Å². The van der Waals surface area contributed by atoms with Crippen LogP contribution in [0, 0.1) is 13.8 Å². The van der Waals surface area contributed by atoms with Gasteiger partial charge in [-0.1, -0.05) is 12.1 Å². The highest BCUT2D eigenvalue weighted by molar-refractivity contribution is 5.92. The third-order valence-corrected chi connectivity index (χ3v) is 2.84. The molecule has 0 aliphatic carbocycles. The fraction of sp³-hybridized carbons (Fsp3) is 0.250. The number of nitrogens with one attached hydrogen (secondary N) is 2. The summed E-state index contributed by atoms with van der Waals surface area (Å²) in [6.45, 7) is 4.95. The van der Waals surface area contributed by atoms with E-state index in [0.29, 0.717) is 6.54 Å². The van der Waals surface area contributed by atoms with Crippen LogP contribution < -0.4 is 10.6 Å². The first-order valence-electron chi connectivity index (χ1n) is 6.61. The van der Waals surface area contributed by atoms with Crippen molar-refractivity contribution in [3.05, 3.63) is 59.4 Å². The Balaban J connectivity index is 1.81. The predicted octanol–water partition coefficient (Wildman–Crippen LogP) is 2.43. The van der Waals surface area contributed by atoms with Gasteiger partial charge in [0.15, 0.2) is 0 Å². The number of aromatic nitrogens is 1. The van der Waals surface area contributed by atoms with Gasteiger partial charge in [0.1, 0.15) is 0 Å². The first-order valence-corrected chi connectivity index (χ1v) is 6.61. The van der Waals surface area contributed by atoms with Crippen molar-refractivity contribution in [3.63, 3.8) is 0 Å². The average Bonchev–Trinajstić information content (AvgIpc) is 2.38. The highest BCUT2D eigenvalue weighted by Gasteiger charge is 2.03. The number of hydrogen-bond donors (Lipinski definition) is 2. The van der Waals surface area contributed by atoms with E-state index in [-0.39, 0.29) is 12.5 Å². The minimum atomic E-state index is -0.0427. The second-order valence-corrected chi connectivity index (χ2v) is 4.89. The Morgan fingerprint density at radius 1 is 1.20 bits per heavy atom. The summed E-state index contributed by atoms with van der Waals surface area (Å²) in [4.78, 5) is 15.9. The third-order valence-electron chi connectivity index (χ3n) is 2.84. The van der Waals surface area contributed by atoms with Gasteiger partial charge in [-0.2, -0.15) is 0 Å². The van der Waals surface area contributed by atoms with E-state index >= 15 is 0 Å². The summed E-state index contributed by atoms with van der Waals surface area (Å²) in [5, 5.41) is 5.99. The molecule has 0 spiro atoms. The van der Waals surface area contributed by atoms with E-state index in [1.165, 1.54) is 0 Å². The van der Waals surface area contributed by atoms with Gasteiger partial charge >= 0.3 is 0 Å². The van der Waals surface area contributed by atoms with Gasteiger partial charge in [0.2, 0.25) is 5.91 Å². The summed E-state index contributed by atoms with van der Waals surface area (Å²) in [7, 11) is 0. The van der Waals surface area contributed by atoms with Gasteiger partial charge in [-0.3, -0.25) is 9.78 Å². The van der Waals surface area contributed by atoms with Crippen LogP contribution in [0.4, 0.5) is 5.69 Å². The lowest BCUT2D eigenvalue weighted by Gasteiger charge is -2.08. The van der Waals surface area contributed by atoms with Crippen molar-refractivity contribution in [2.45, 2.75) is 20.4 Å². The zero-order valence-corrected chi connectivity index (χ0v) is 11.8. The summed E-state index contributed by atoms with van der Waals surface area (Å²) in [5.74, 6) is -0.0427. The SMILES string of the molecule is Cc1cc(C)cc(NC(=O)CNCc2cccnc2)c1. The molecule has 104 valence electrons. The minimum absolute atomic E-state index is 0.0427. The summed E-state index contributed by atoms with van der Waals surface area (Å²) >= 11 is 0. The summed E-state index contributed by atoms with van der Waals surface area (Å²) in [5.41, 5.74) is 4.19. The lowest BCUT2D eigenvalue weighted by atomic mass is 10.1. The van der Waals surface area contributed by atoms with Gasteiger partial charge < -0.3 is 10.6 Å². The number of amides is 1. The fourth-order valence-corrected chi connectivity index (χ4v) is 2.08. The first-order chi connectivity index (χ1) is 9.63. The molecule has 0 bridgehead atoms. The third kappa shape index (κ3) is 4.48. The number of hydrogen-bond acceptors (Lipinski definition) is 3. The molecule has 0 atom stereocenters. The number of anilines is 1. The van der Waals surface area contributed by atoms with Crippen molar-refractivity contribution in [2.24, 2.45) is 0 Å². The smallest absolute Gasteiger partial charge is 0.238 e. The Labute approximate surface area is 119 Å². The van der Waals surface area contributed by atoms with Gasteiger partial charge in [-0.05, 0) is 48.7 Å². The zero-order valence-electron chi connectivity index (χ0n) is 11.8. The van der Waals surface area contributed by atoms with Crippen molar-refractivity contribution in [2.75, 3.05) is 11.9 Å². The molecule has 0 aliphatic heterocycles. The number of aryl methyl sites for hydroxylation is 2. The molecule has 20 heavy (non-hydrogen) atoms. The Hall–Kier alpha value is -2.20. The van der Waals surface area contributed by atoms with Crippen LogP contribution in [-0.4, -0.2) is 17.4 Å². The summed E-state index contributed by atoms with van der Waals surface area (Å²) < 4.78 is 0. The zero-order chi connectivity index (χ0) is 14.4. The Bertz CT molecular complexity index is 561. The quantitative estimate of drug-likeness (QED) is 0.876. The minimum Gasteiger partial charge on any atom is -0.325 e. The highest BCUT2D eigenvalue weighted by atomic mass is 16.1. The maximum Gasteiger partial charge on any atom is 0.238 e. The van der Waals surface area contributed by atoms with Crippen LogP contribution in [0.25, 0.3) is 0 Å². The largest absolute Gasteiger partial charge is 0.325 e. The molecule has 1 amide bonds. The van der Waals surface area contributed by atoms with E-state index in [1.807, 2.05) is 38.1 Å². The van der Waals surface area contributed by atoms with Crippen LogP contribution in [0.3, 0.4) is 0 Å². The molecule has 0 radical (unpaired) electrons. The van der Waals surface area contributed by atoms with E-state index in [1.54, 1.807) is 12.4 Å². The molecule has 4 heteroatoms. The number of nitrogens with zero attached hydrogens (tertiary/aromatic N) is 1. The lowest BCUT2D eigenvalue weighted by Crippen LogP contribution is -2.27. The van der Waals surface area contributed by atoms with Crippen LogP contribution in [0.2, 0.25) is 0 Å². The lowest BCUT2D eigenvalue weighted by molar-refractivity contribution is -0.115. The van der Waals surface area contributed by atoms with Gasteiger partial charge in [-0.15, -0.1) is 0 Å². The van der Waals surface area contributed by atoms with E-state index in [2.05, 4.69) is 21.7 Å². The van der Waals surface area contributed by atoms with Crippen LogP contribution in [0.15, 0.2) is 42.7 Å². The average molecular weight is 269 g/mol. The molecule has 2 N–H and O–H groups in total. The summed E-state index contributed by atoms with van der Waals surface area (Å²) in [6, 6.07) is 9.86. The van der Waals surface area contributed by atoms with Crippen LogP contribution >= 0.6 is 0 Å². The highest BCUT2D eigenvalue weighted by Crippen LogP contribution is 2.13. The molecular weight excluding hydrogens is 250 g/mol. The van der Waals surface area contributed by atoms with Gasteiger partial charge in [-0.25, -0.2) is 0 Å². The Morgan fingerprint density at radius 3 is 2.60 bits per heavy atom. The molecule has 0 unspecified atom stereocenters. The number of rotatable bonds is 5. The molecule has 1 heterocycles. The topological polar surface area (TPSA) is 54.0 Å². The van der Waals surface area contributed by atoms with Crippen molar-refractivity contribution in [1.29, 1.82) is 0 Å². The van der Waals surface area contributed by atoms with E-state index < -0.39 is 0 Å². The van der Waals surface area contributed by atoms with Crippen molar-refractivity contribution < 1.29 is 4.79 Å². The molecule has 0 aliphatic rings. The van der Waals surface area contributed by atoms with Gasteiger partial charge in [0.05, 0.1) is 6.54 Å². The monoisotopic (exact) mass is 269 g/mol. The van der Waals surface area contributed by atoms with Crippen molar-refractivity contribution in [3.8, 4) is 0 Å². The van der Waals surface area contributed by atoms with Crippen LogP contribution in [-0.2, 0) is 11.3 Å². The normalized spacial score (nSPS) is 10.3. The maximum atomic E-state index is 11.8. The molecular formula is C16H19N3O. The molecule has 0 saturated carbocycles. The van der Waals surface area contributed by atoms with Crippen molar-refractivity contribution >= 4 is 11.6 Å². The molecule has 0 fully saturated rings.